The average molecular weight is 275 g/mol. The van der Waals surface area contributed by atoms with Gasteiger partial charge >= 0.3 is 0 Å². The topological polar surface area (TPSA) is 46.2 Å². The largest absolute Gasteiger partial charge is 0.310 e. The molecule has 1 saturated heterocycles. The molecule has 100 valence electrons. The van der Waals surface area contributed by atoms with Crippen LogP contribution >= 0.6 is 0 Å². The second-order valence-electron chi connectivity index (χ2n) is 4.58. The lowest BCUT2D eigenvalue weighted by Gasteiger charge is -2.24. The molecule has 0 spiro atoms. The first-order valence-corrected chi connectivity index (χ1v) is 7.71. The van der Waals surface area contributed by atoms with Crippen LogP contribution in [0.4, 0.5) is 8.78 Å². The SMILES string of the molecule is CS(=O)(=O)c1cc(F)c(C2CCCCN2)cc1F. The smallest absolute Gasteiger partial charge is 0.178 e. The van der Waals surface area contributed by atoms with Crippen molar-refractivity contribution in [3.05, 3.63) is 29.3 Å². The summed E-state index contributed by atoms with van der Waals surface area (Å²) in [6.07, 6.45) is 3.56. The van der Waals surface area contributed by atoms with E-state index in [1.165, 1.54) is 0 Å². The highest BCUT2D eigenvalue weighted by atomic mass is 32.2. The predicted octanol–water partition coefficient (Wildman–Crippen LogP) is 2.18. The van der Waals surface area contributed by atoms with Gasteiger partial charge in [-0.1, -0.05) is 6.42 Å². The van der Waals surface area contributed by atoms with Gasteiger partial charge < -0.3 is 5.32 Å². The fourth-order valence-electron chi connectivity index (χ4n) is 2.21. The first kappa shape index (κ1) is 13.4. The highest BCUT2D eigenvalue weighted by Gasteiger charge is 2.23. The molecular formula is C12H15F2NO2S. The minimum Gasteiger partial charge on any atom is -0.310 e. The number of rotatable bonds is 2. The number of hydrogen-bond acceptors (Lipinski definition) is 3. The normalized spacial score (nSPS) is 20.9. The molecule has 0 bridgehead atoms. The summed E-state index contributed by atoms with van der Waals surface area (Å²) in [5, 5.41) is 3.11. The Morgan fingerprint density at radius 2 is 1.94 bits per heavy atom. The van der Waals surface area contributed by atoms with Crippen molar-refractivity contribution in [2.75, 3.05) is 12.8 Å². The first-order valence-electron chi connectivity index (χ1n) is 5.82. The van der Waals surface area contributed by atoms with Crippen LogP contribution in [-0.4, -0.2) is 21.2 Å². The fourth-order valence-corrected chi connectivity index (χ4v) is 2.94. The van der Waals surface area contributed by atoms with E-state index >= 15 is 0 Å². The standard InChI is InChI=1S/C12H15F2NO2S/c1-18(16,17)12-7-9(13)8(6-10(12)14)11-4-2-3-5-15-11/h6-7,11,15H,2-5H2,1H3. The summed E-state index contributed by atoms with van der Waals surface area (Å²) in [5.41, 5.74) is 0.208. The Balaban J connectivity index is 2.42. The van der Waals surface area contributed by atoms with Crippen molar-refractivity contribution in [3.8, 4) is 0 Å². The van der Waals surface area contributed by atoms with Gasteiger partial charge in [0.2, 0.25) is 0 Å². The molecule has 1 aliphatic heterocycles. The first-order chi connectivity index (χ1) is 8.39. The van der Waals surface area contributed by atoms with Gasteiger partial charge in [-0.05, 0) is 31.5 Å². The van der Waals surface area contributed by atoms with Gasteiger partial charge in [-0.15, -0.1) is 0 Å². The fraction of sp³-hybridized carbons (Fsp3) is 0.500. The molecule has 1 aromatic carbocycles. The van der Waals surface area contributed by atoms with Gasteiger partial charge in [-0.3, -0.25) is 0 Å². The molecule has 1 heterocycles. The zero-order valence-corrected chi connectivity index (χ0v) is 10.9. The molecule has 1 N–H and O–H groups in total. The van der Waals surface area contributed by atoms with Crippen LogP contribution in [0.2, 0.25) is 0 Å². The van der Waals surface area contributed by atoms with Crippen LogP contribution in [0.25, 0.3) is 0 Å². The van der Waals surface area contributed by atoms with Crippen molar-refractivity contribution >= 4 is 9.84 Å². The Labute approximate surface area is 105 Å². The summed E-state index contributed by atoms with van der Waals surface area (Å²) in [4.78, 5) is -0.584. The number of piperidine rings is 1. The van der Waals surface area contributed by atoms with E-state index in [-0.39, 0.29) is 11.6 Å². The minimum atomic E-state index is -3.74. The molecule has 0 radical (unpaired) electrons. The van der Waals surface area contributed by atoms with Gasteiger partial charge in [-0.25, -0.2) is 17.2 Å². The summed E-state index contributed by atoms with van der Waals surface area (Å²) < 4.78 is 50.1. The zero-order chi connectivity index (χ0) is 13.3. The van der Waals surface area contributed by atoms with Gasteiger partial charge in [-0.2, -0.15) is 0 Å². The van der Waals surface area contributed by atoms with Gasteiger partial charge in [0.15, 0.2) is 9.84 Å². The Kier molecular flexibility index (Phi) is 3.68. The minimum absolute atomic E-state index is 0.208. The van der Waals surface area contributed by atoms with Gasteiger partial charge in [0.25, 0.3) is 0 Å². The molecule has 0 aromatic heterocycles. The molecule has 1 aliphatic rings. The summed E-state index contributed by atoms with van der Waals surface area (Å²) in [7, 11) is -3.74. The molecule has 1 atom stereocenters. The molecule has 2 rings (SSSR count). The number of hydrogen-bond donors (Lipinski definition) is 1. The van der Waals surface area contributed by atoms with E-state index in [2.05, 4.69) is 5.32 Å². The van der Waals surface area contributed by atoms with Gasteiger partial charge in [0.1, 0.15) is 16.5 Å². The van der Waals surface area contributed by atoms with E-state index in [1.807, 2.05) is 0 Å². The summed E-state index contributed by atoms with van der Waals surface area (Å²) >= 11 is 0. The van der Waals surface area contributed by atoms with E-state index < -0.39 is 26.4 Å². The Morgan fingerprint density at radius 3 is 2.50 bits per heavy atom. The lowest BCUT2D eigenvalue weighted by molar-refractivity contribution is 0.396. The number of sulfone groups is 1. The molecule has 0 amide bonds. The zero-order valence-electron chi connectivity index (χ0n) is 10.0. The molecule has 18 heavy (non-hydrogen) atoms. The Morgan fingerprint density at radius 1 is 1.22 bits per heavy atom. The van der Waals surface area contributed by atoms with Crippen molar-refractivity contribution in [2.45, 2.75) is 30.2 Å². The maximum Gasteiger partial charge on any atom is 0.178 e. The highest BCUT2D eigenvalue weighted by Crippen LogP contribution is 2.28. The van der Waals surface area contributed by atoms with E-state index in [9.17, 15) is 17.2 Å². The lowest BCUT2D eigenvalue weighted by atomic mass is 9.97. The van der Waals surface area contributed by atoms with Crippen LogP contribution in [0.3, 0.4) is 0 Å². The highest BCUT2D eigenvalue weighted by molar-refractivity contribution is 7.90. The van der Waals surface area contributed by atoms with Crippen molar-refractivity contribution < 1.29 is 17.2 Å². The third kappa shape index (κ3) is 2.70. The molecule has 0 aliphatic carbocycles. The number of nitrogens with one attached hydrogen (secondary N) is 1. The molecule has 3 nitrogen and oxygen atoms in total. The summed E-state index contributed by atoms with van der Waals surface area (Å²) in [6, 6.07) is 1.53. The number of halogens is 2. The van der Waals surface area contributed by atoms with Crippen LogP contribution in [0, 0.1) is 11.6 Å². The molecular weight excluding hydrogens is 260 g/mol. The maximum absolute atomic E-state index is 13.9. The second kappa shape index (κ2) is 4.93. The summed E-state index contributed by atoms with van der Waals surface area (Å²) in [6.45, 7) is 0.763. The van der Waals surface area contributed by atoms with Crippen molar-refractivity contribution in [2.24, 2.45) is 0 Å². The third-order valence-corrected chi connectivity index (χ3v) is 4.25. The Bertz CT molecular complexity index is 551. The molecule has 0 saturated carbocycles. The second-order valence-corrected chi connectivity index (χ2v) is 6.56. The van der Waals surface area contributed by atoms with E-state index in [4.69, 9.17) is 0 Å². The van der Waals surface area contributed by atoms with E-state index in [0.717, 1.165) is 44.2 Å². The Hall–Kier alpha value is -1.01. The number of benzene rings is 1. The van der Waals surface area contributed by atoms with Crippen LogP contribution in [-0.2, 0) is 9.84 Å². The molecule has 1 unspecified atom stereocenters. The third-order valence-electron chi connectivity index (χ3n) is 3.14. The van der Waals surface area contributed by atoms with Crippen LogP contribution in [0.15, 0.2) is 17.0 Å². The van der Waals surface area contributed by atoms with Crippen molar-refractivity contribution in [1.82, 2.24) is 5.32 Å². The van der Waals surface area contributed by atoms with Crippen LogP contribution < -0.4 is 5.32 Å². The van der Waals surface area contributed by atoms with Gasteiger partial charge in [0, 0.05) is 17.9 Å². The van der Waals surface area contributed by atoms with E-state index in [1.54, 1.807) is 0 Å². The lowest BCUT2D eigenvalue weighted by Crippen LogP contribution is -2.27. The van der Waals surface area contributed by atoms with Gasteiger partial charge in [0.05, 0.1) is 0 Å². The molecule has 1 fully saturated rings. The van der Waals surface area contributed by atoms with Crippen LogP contribution in [0.1, 0.15) is 30.9 Å². The van der Waals surface area contributed by atoms with Crippen molar-refractivity contribution in [1.29, 1.82) is 0 Å². The predicted molar refractivity (Wildman–Crippen MR) is 64.1 cm³/mol. The van der Waals surface area contributed by atoms with Crippen molar-refractivity contribution in [3.63, 3.8) is 0 Å². The molecule has 1 aromatic rings. The monoisotopic (exact) mass is 275 g/mol. The quantitative estimate of drug-likeness (QED) is 0.900. The summed E-state index contributed by atoms with van der Waals surface area (Å²) in [5.74, 6) is -1.56. The van der Waals surface area contributed by atoms with Crippen LogP contribution in [0.5, 0.6) is 0 Å². The maximum atomic E-state index is 13.9. The van der Waals surface area contributed by atoms with E-state index in [0.29, 0.717) is 0 Å². The average Bonchev–Trinajstić information content (AvgIpc) is 2.31. The molecule has 6 heteroatoms.